The topological polar surface area (TPSA) is 35.6 Å². The summed E-state index contributed by atoms with van der Waals surface area (Å²) in [5.74, 6) is 0.629. The molecule has 0 aliphatic carbocycles. The minimum atomic E-state index is -0.304. The number of rotatable bonds is 2. The predicted molar refractivity (Wildman–Crippen MR) is 72.1 cm³/mol. The van der Waals surface area contributed by atoms with Gasteiger partial charge in [-0.3, -0.25) is 9.25 Å². The lowest BCUT2D eigenvalue weighted by atomic mass is 10.3. The van der Waals surface area contributed by atoms with E-state index in [2.05, 4.69) is 10.1 Å². The molecule has 0 aliphatic rings. The van der Waals surface area contributed by atoms with Crippen LogP contribution in [0, 0.1) is 12.7 Å². The van der Waals surface area contributed by atoms with Crippen LogP contribution in [0.1, 0.15) is 11.5 Å². The van der Waals surface area contributed by atoms with Gasteiger partial charge in [0, 0.05) is 19.3 Å². The molecule has 0 radical (unpaired) electrons. The summed E-state index contributed by atoms with van der Waals surface area (Å²) >= 11 is 5.95. The van der Waals surface area contributed by atoms with Crippen LogP contribution in [-0.2, 0) is 12.9 Å². The number of hydrogen-bond donors (Lipinski definition) is 0. The van der Waals surface area contributed by atoms with Gasteiger partial charge in [0.05, 0.1) is 28.3 Å². The average Bonchev–Trinajstić information content (AvgIpc) is 2.88. The lowest BCUT2D eigenvalue weighted by Gasteiger charge is -2.05. The van der Waals surface area contributed by atoms with E-state index in [0.29, 0.717) is 11.3 Å². The molecule has 2 heterocycles. The van der Waals surface area contributed by atoms with Gasteiger partial charge >= 0.3 is 0 Å². The van der Waals surface area contributed by atoms with Gasteiger partial charge in [-0.1, -0.05) is 0 Å². The highest BCUT2D eigenvalue weighted by atomic mass is 35.5. The lowest BCUT2D eigenvalue weighted by molar-refractivity contribution is 0.629. The van der Waals surface area contributed by atoms with Crippen LogP contribution in [-0.4, -0.2) is 19.3 Å². The van der Waals surface area contributed by atoms with Crippen LogP contribution in [0.3, 0.4) is 0 Å². The maximum absolute atomic E-state index is 13.3. The standard InChI is InChI=1S/C13H12ClFN4/c1-8-12(7-18(2)17-8)19-11-4-3-9(15)5-10(11)16-13(19)6-14/h3-5,7H,6H2,1-2H3. The molecule has 2 aromatic heterocycles. The molecule has 0 saturated carbocycles. The number of aromatic nitrogens is 4. The van der Waals surface area contributed by atoms with Gasteiger partial charge in [0.2, 0.25) is 0 Å². The Morgan fingerprint density at radius 2 is 2.16 bits per heavy atom. The van der Waals surface area contributed by atoms with E-state index in [-0.39, 0.29) is 11.7 Å². The molecule has 4 nitrogen and oxygen atoms in total. The molecule has 0 saturated heterocycles. The molecule has 98 valence electrons. The number of nitrogens with zero attached hydrogens (tertiary/aromatic N) is 4. The molecule has 0 aliphatic heterocycles. The zero-order valence-electron chi connectivity index (χ0n) is 10.6. The fourth-order valence-electron chi connectivity index (χ4n) is 2.27. The molecule has 0 unspecified atom stereocenters. The van der Waals surface area contributed by atoms with Gasteiger partial charge in [0.1, 0.15) is 11.6 Å². The number of aryl methyl sites for hydroxylation is 2. The molecular weight excluding hydrogens is 267 g/mol. The summed E-state index contributed by atoms with van der Waals surface area (Å²) in [7, 11) is 1.86. The second kappa shape index (κ2) is 4.35. The molecule has 0 atom stereocenters. The smallest absolute Gasteiger partial charge is 0.129 e. The van der Waals surface area contributed by atoms with Crippen LogP contribution >= 0.6 is 11.6 Å². The van der Waals surface area contributed by atoms with E-state index < -0.39 is 0 Å². The van der Waals surface area contributed by atoms with Crippen molar-refractivity contribution in [3.8, 4) is 5.69 Å². The largest absolute Gasteiger partial charge is 0.292 e. The summed E-state index contributed by atoms with van der Waals surface area (Å²) in [6.45, 7) is 1.92. The molecular formula is C13H12ClFN4. The van der Waals surface area contributed by atoms with Gasteiger partial charge in [-0.05, 0) is 19.1 Å². The third-order valence-electron chi connectivity index (χ3n) is 3.03. The van der Waals surface area contributed by atoms with Crippen molar-refractivity contribution in [2.75, 3.05) is 0 Å². The molecule has 3 rings (SSSR count). The molecule has 0 amide bonds. The lowest BCUT2D eigenvalue weighted by Crippen LogP contribution is -1.99. The van der Waals surface area contributed by atoms with Crippen molar-refractivity contribution in [2.24, 2.45) is 7.05 Å². The number of benzene rings is 1. The molecule has 1 aromatic carbocycles. The van der Waals surface area contributed by atoms with Crippen molar-refractivity contribution in [1.29, 1.82) is 0 Å². The minimum Gasteiger partial charge on any atom is -0.292 e. The van der Waals surface area contributed by atoms with Crippen LogP contribution in [0.25, 0.3) is 16.7 Å². The third-order valence-corrected chi connectivity index (χ3v) is 3.27. The Hall–Kier alpha value is -1.88. The summed E-state index contributed by atoms with van der Waals surface area (Å²) in [6, 6.07) is 4.54. The number of imidazole rings is 1. The first-order chi connectivity index (χ1) is 9.10. The molecule has 6 heteroatoms. The molecule has 0 bridgehead atoms. The highest BCUT2D eigenvalue weighted by Gasteiger charge is 2.15. The van der Waals surface area contributed by atoms with E-state index in [1.54, 1.807) is 10.7 Å². The van der Waals surface area contributed by atoms with Gasteiger partial charge in [-0.25, -0.2) is 9.37 Å². The summed E-state index contributed by atoms with van der Waals surface area (Å²) < 4.78 is 16.9. The van der Waals surface area contributed by atoms with E-state index in [4.69, 9.17) is 11.6 Å². The van der Waals surface area contributed by atoms with Gasteiger partial charge in [-0.2, -0.15) is 5.10 Å². The zero-order valence-corrected chi connectivity index (χ0v) is 11.3. The van der Waals surface area contributed by atoms with Crippen molar-refractivity contribution in [3.05, 3.63) is 41.7 Å². The first-order valence-electron chi connectivity index (χ1n) is 5.83. The summed E-state index contributed by atoms with van der Waals surface area (Å²) in [5, 5.41) is 4.32. The second-order valence-corrected chi connectivity index (χ2v) is 4.67. The Kier molecular flexibility index (Phi) is 2.78. The van der Waals surface area contributed by atoms with Crippen LogP contribution in [0.15, 0.2) is 24.4 Å². The summed E-state index contributed by atoms with van der Waals surface area (Å²) in [5.41, 5.74) is 3.21. The predicted octanol–water partition coefficient (Wildman–Crippen LogP) is 2.95. The average molecular weight is 279 g/mol. The highest BCUT2D eigenvalue weighted by Crippen LogP contribution is 2.24. The quantitative estimate of drug-likeness (QED) is 0.676. The van der Waals surface area contributed by atoms with Crippen LogP contribution in [0.2, 0.25) is 0 Å². The summed E-state index contributed by atoms with van der Waals surface area (Å²) in [4.78, 5) is 4.37. The van der Waals surface area contributed by atoms with Crippen molar-refractivity contribution < 1.29 is 4.39 Å². The number of fused-ring (bicyclic) bond motifs is 1. The Bertz CT molecular complexity index is 759. The molecule has 3 aromatic rings. The highest BCUT2D eigenvalue weighted by molar-refractivity contribution is 6.17. The third kappa shape index (κ3) is 1.90. The molecule has 0 N–H and O–H groups in total. The maximum Gasteiger partial charge on any atom is 0.129 e. The first-order valence-corrected chi connectivity index (χ1v) is 6.37. The Morgan fingerprint density at radius 3 is 2.79 bits per heavy atom. The minimum absolute atomic E-state index is 0.255. The molecule has 19 heavy (non-hydrogen) atoms. The number of halogens is 2. The van der Waals surface area contributed by atoms with E-state index in [9.17, 15) is 4.39 Å². The normalized spacial score (nSPS) is 11.4. The SMILES string of the molecule is Cc1nn(C)cc1-n1c(CCl)nc2cc(F)ccc21. The monoisotopic (exact) mass is 278 g/mol. The maximum atomic E-state index is 13.3. The molecule has 0 fully saturated rings. The van der Waals surface area contributed by atoms with Crippen LogP contribution in [0.5, 0.6) is 0 Å². The van der Waals surface area contributed by atoms with Crippen molar-refractivity contribution >= 4 is 22.6 Å². The fraction of sp³-hybridized carbons (Fsp3) is 0.231. The van der Waals surface area contributed by atoms with E-state index in [0.717, 1.165) is 16.9 Å². The van der Waals surface area contributed by atoms with Crippen molar-refractivity contribution in [1.82, 2.24) is 19.3 Å². The molecule has 0 spiro atoms. The van der Waals surface area contributed by atoms with Crippen molar-refractivity contribution in [2.45, 2.75) is 12.8 Å². The summed E-state index contributed by atoms with van der Waals surface area (Å²) in [6.07, 6.45) is 1.90. The number of hydrogen-bond acceptors (Lipinski definition) is 2. The van der Waals surface area contributed by atoms with E-state index >= 15 is 0 Å². The Morgan fingerprint density at radius 1 is 1.37 bits per heavy atom. The Labute approximate surface area is 114 Å². The Balaban J connectivity index is 2.35. The van der Waals surface area contributed by atoms with E-state index in [1.807, 2.05) is 24.7 Å². The van der Waals surface area contributed by atoms with Crippen molar-refractivity contribution in [3.63, 3.8) is 0 Å². The van der Waals surface area contributed by atoms with Gasteiger partial charge in [0.25, 0.3) is 0 Å². The van der Waals surface area contributed by atoms with Gasteiger partial charge in [-0.15, -0.1) is 11.6 Å². The second-order valence-electron chi connectivity index (χ2n) is 4.40. The fourth-order valence-corrected chi connectivity index (χ4v) is 2.45. The number of alkyl halides is 1. The van der Waals surface area contributed by atoms with Gasteiger partial charge < -0.3 is 0 Å². The van der Waals surface area contributed by atoms with Crippen LogP contribution in [0.4, 0.5) is 4.39 Å². The van der Waals surface area contributed by atoms with Gasteiger partial charge in [0.15, 0.2) is 0 Å². The van der Waals surface area contributed by atoms with E-state index in [1.165, 1.54) is 12.1 Å². The van der Waals surface area contributed by atoms with Crippen LogP contribution < -0.4 is 0 Å². The zero-order chi connectivity index (χ0) is 13.6. The first kappa shape index (κ1) is 12.2.